The van der Waals surface area contributed by atoms with Gasteiger partial charge in [-0.25, -0.2) is 8.42 Å². The first-order valence-electron chi connectivity index (χ1n) is 7.51. The Labute approximate surface area is 156 Å². The minimum absolute atomic E-state index is 0. The number of sulfone groups is 1. The maximum atomic E-state index is 12.1. The molecule has 0 aliphatic carbocycles. The Morgan fingerprint density at radius 2 is 1.96 bits per heavy atom. The van der Waals surface area contributed by atoms with E-state index in [1.807, 2.05) is 6.07 Å². The molecule has 0 saturated heterocycles. The summed E-state index contributed by atoms with van der Waals surface area (Å²) < 4.78 is 24.3. The molecular weight excluding hydrogens is 425 g/mol. The number of guanidine groups is 1. The lowest BCUT2D eigenvalue weighted by molar-refractivity contribution is 0.592. The maximum absolute atomic E-state index is 12.1. The highest BCUT2D eigenvalue weighted by Gasteiger charge is 2.12. The molecule has 1 aromatic rings. The van der Waals surface area contributed by atoms with E-state index in [0.29, 0.717) is 30.4 Å². The van der Waals surface area contributed by atoms with Gasteiger partial charge in [-0.1, -0.05) is 31.2 Å². The van der Waals surface area contributed by atoms with Crippen molar-refractivity contribution in [2.75, 3.05) is 25.4 Å². The standard InChI is InChI=1S/C16H25N3O2S.HI/c1-3-11-17-16(18-12-4-2)19-13-8-14-22(20,21)15-9-6-5-7-10-15;/h3,5-7,9-10H,1,4,8,11-14H2,2H3,(H2,17,18,19);1H. The van der Waals surface area contributed by atoms with Crippen LogP contribution in [0.2, 0.25) is 0 Å². The van der Waals surface area contributed by atoms with Gasteiger partial charge >= 0.3 is 0 Å². The molecule has 1 rings (SSSR count). The van der Waals surface area contributed by atoms with Crippen LogP contribution in [-0.4, -0.2) is 39.8 Å². The van der Waals surface area contributed by atoms with Crippen LogP contribution < -0.4 is 10.6 Å². The third-order valence-electron chi connectivity index (χ3n) is 2.89. The molecule has 0 aromatic heterocycles. The molecule has 1 aromatic carbocycles. The third kappa shape index (κ3) is 8.95. The van der Waals surface area contributed by atoms with Gasteiger partial charge in [-0.15, -0.1) is 30.6 Å². The number of nitrogens with one attached hydrogen (secondary N) is 2. The van der Waals surface area contributed by atoms with Gasteiger partial charge in [0.25, 0.3) is 0 Å². The minimum Gasteiger partial charge on any atom is -0.356 e. The molecule has 0 radical (unpaired) electrons. The highest BCUT2D eigenvalue weighted by Crippen LogP contribution is 2.10. The zero-order chi connectivity index (χ0) is 16.3. The first-order valence-corrected chi connectivity index (χ1v) is 9.16. The summed E-state index contributed by atoms with van der Waals surface area (Å²) in [5.41, 5.74) is 0. The molecule has 0 aliphatic heterocycles. The largest absolute Gasteiger partial charge is 0.356 e. The van der Waals surface area contributed by atoms with Crippen molar-refractivity contribution in [3.05, 3.63) is 43.0 Å². The molecule has 2 N–H and O–H groups in total. The molecule has 0 fully saturated rings. The SMILES string of the molecule is C=CCNC(=NCCC)NCCCS(=O)(=O)c1ccccc1.I. The molecule has 7 heteroatoms. The molecule has 0 aliphatic rings. The zero-order valence-corrected chi connectivity index (χ0v) is 16.6. The van der Waals surface area contributed by atoms with Crippen LogP contribution in [0.25, 0.3) is 0 Å². The average Bonchev–Trinajstić information content (AvgIpc) is 2.54. The van der Waals surface area contributed by atoms with Crippen molar-refractivity contribution in [1.82, 2.24) is 10.6 Å². The smallest absolute Gasteiger partial charge is 0.191 e. The average molecular weight is 451 g/mol. The Bertz CT molecular complexity index is 574. The van der Waals surface area contributed by atoms with E-state index < -0.39 is 9.84 Å². The van der Waals surface area contributed by atoms with Gasteiger partial charge in [0.2, 0.25) is 0 Å². The Kier molecular flexibility index (Phi) is 11.8. The summed E-state index contributed by atoms with van der Waals surface area (Å²) in [6.07, 6.45) is 3.24. The number of benzene rings is 1. The summed E-state index contributed by atoms with van der Waals surface area (Å²) in [5, 5.41) is 6.25. The lowest BCUT2D eigenvalue weighted by Gasteiger charge is -2.11. The van der Waals surface area contributed by atoms with E-state index in [1.165, 1.54) is 0 Å². The van der Waals surface area contributed by atoms with Gasteiger partial charge in [0.05, 0.1) is 10.6 Å². The number of nitrogens with zero attached hydrogens (tertiary/aromatic N) is 1. The fraction of sp³-hybridized carbons (Fsp3) is 0.438. The molecule has 0 unspecified atom stereocenters. The van der Waals surface area contributed by atoms with Crippen molar-refractivity contribution in [3.8, 4) is 0 Å². The Morgan fingerprint density at radius 3 is 2.57 bits per heavy atom. The van der Waals surface area contributed by atoms with E-state index >= 15 is 0 Å². The number of hydrogen-bond acceptors (Lipinski definition) is 3. The molecule has 0 amide bonds. The molecule has 0 bridgehead atoms. The zero-order valence-electron chi connectivity index (χ0n) is 13.5. The van der Waals surface area contributed by atoms with Crippen LogP contribution in [-0.2, 0) is 9.84 Å². The number of aliphatic imine (C=N–C) groups is 1. The first-order chi connectivity index (χ1) is 10.6. The summed E-state index contributed by atoms with van der Waals surface area (Å²) in [6, 6.07) is 8.53. The summed E-state index contributed by atoms with van der Waals surface area (Å²) in [4.78, 5) is 4.74. The van der Waals surface area contributed by atoms with Gasteiger partial charge in [-0.05, 0) is 25.0 Å². The molecule has 23 heavy (non-hydrogen) atoms. The molecule has 5 nitrogen and oxygen atoms in total. The highest BCUT2D eigenvalue weighted by atomic mass is 127. The predicted molar refractivity (Wildman–Crippen MR) is 107 cm³/mol. The molecule has 0 spiro atoms. The van der Waals surface area contributed by atoms with Crippen LogP contribution in [0.5, 0.6) is 0 Å². The van der Waals surface area contributed by atoms with E-state index in [2.05, 4.69) is 29.1 Å². The van der Waals surface area contributed by atoms with Crippen molar-refractivity contribution in [3.63, 3.8) is 0 Å². The van der Waals surface area contributed by atoms with Gasteiger partial charge < -0.3 is 10.6 Å². The van der Waals surface area contributed by atoms with Crippen LogP contribution in [0.1, 0.15) is 19.8 Å². The summed E-state index contributed by atoms with van der Waals surface area (Å²) in [5.74, 6) is 0.811. The fourth-order valence-corrected chi connectivity index (χ4v) is 3.11. The van der Waals surface area contributed by atoms with Gasteiger partial charge in [0.1, 0.15) is 0 Å². The van der Waals surface area contributed by atoms with E-state index in [1.54, 1.807) is 30.3 Å². The number of hydrogen-bond donors (Lipinski definition) is 2. The normalized spacial score (nSPS) is 11.4. The maximum Gasteiger partial charge on any atom is 0.191 e. The topological polar surface area (TPSA) is 70.6 Å². The highest BCUT2D eigenvalue weighted by molar-refractivity contribution is 14.0. The Balaban J connectivity index is 0.00000484. The summed E-state index contributed by atoms with van der Waals surface area (Å²) >= 11 is 0. The second kappa shape index (κ2) is 12.3. The van der Waals surface area contributed by atoms with Crippen molar-refractivity contribution in [1.29, 1.82) is 0 Å². The van der Waals surface area contributed by atoms with Crippen LogP contribution in [0.4, 0.5) is 0 Å². The second-order valence-corrected chi connectivity index (χ2v) is 6.92. The van der Waals surface area contributed by atoms with Gasteiger partial charge in [-0.2, -0.15) is 0 Å². The van der Waals surface area contributed by atoms with Crippen LogP contribution in [0.3, 0.4) is 0 Å². The van der Waals surface area contributed by atoms with Gasteiger partial charge in [0, 0.05) is 19.6 Å². The summed E-state index contributed by atoms with van der Waals surface area (Å²) in [6.45, 7) is 7.62. The number of rotatable bonds is 9. The van der Waals surface area contributed by atoms with Crippen LogP contribution in [0, 0.1) is 0 Å². The second-order valence-electron chi connectivity index (χ2n) is 4.81. The quantitative estimate of drug-likeness (QED) is 0.199. The first kappa shape index (κ1) is 21.9. The van der Waals surface area contributed by atoms with E-state index in [0.717, 1.165) is 13.0 Å². The monoisotopic (exact) mass is 451 g/mol. The van der Waals surface area contributed by atoms with E-state index in [4.69, 9.17) is 0 Å². The Hall–Kier alpha value is -1.09. The molecular formula is C16H26IN3O2S. The van der Waals surface area contributed by atoms with Crippen molar-refractivity contribution < 1.29 is 8.42 Å². The predicted octanol–water partition coefficient (Wildman–Crippen LogP) is 2.60. The van der Waals surface area contributed by atoms with E-state index in [9.17, 15) is 8.42 Å². The lowest BCUT2D eigenvalue weighted by atomic mass is 10.4. The van der Waals surface area contributed by atoms with Crippen LogP contribution >= 0.6 is 24.0 Å². The minimum atomic E-state index is -3.21. The summed E-state index contributed by atoms with van der Waals surface area (Å²) in [7, 11) is -3.21. The lowest BCUT2D eigenvalue weighted by Crippen LogP contribution is -2.38. The van der Waals surface area contributed by atoms with Gasteiger partial charge in [-0.3, -0.25) is 4.99 Å². The molecule has 0 saturated carbocycles. The number of halogens is 1. The Morgan fingerprint density at radius 1 is 1.26 bits per heavy atom. The van der Waals surface area contributed by atoms with Crippen molar-refractivity contribution in [2.24, 2.45) is 4.99 Å². The third-order valence-corrected chi connectivity index (χ3v) is 4.71. The fourth-order valence-electron chi connectivity index (χ4n) is 1.78. The van der Waals surface area contributed by atoms with Crippen molar-refractivity contribution >= 4 is 39.8 Å². The van der Waals surface area contributed by atoms with Crippen molar-refractivity contribution in [2.45, 2.75) is 24.7 Å². The molecule has 0 heterocycles. The van der Waals surface area contributed by atoms with E-state index in [-0.39, 0.29) is 29.7 Å². The van der Waals surface area contributed by atoms with Gasteiger partial charge in [0.15, 0.2) is 15.8 Å². The van der Waals surface area contributed by atoms with Crippen LogP contribution in [0.15, 0.2) is 52.9 Å². The molecule has 130 valence electrons. The molecule has 0 atom stereocenters.